The fourth-order valence-electron chi connectivity index (χ4n) is 1.20. The fraction of sp³-hybridized carbons (Fsp3) is 0.273. The van der Waals surface area contributed by atoms with Crippen molar-refractivity contribution in [2.45, 2.75) is 12.8 Å². The van der Waals surface area contributed by atoms with Crippen LogP contribution in [0.5, 0.6) is 5.75 Å². The van der Waals surface area contributed by atoms with Crippen LogP contribution in [0.4, 0.5) is 5.69 Å². The second-order valence-corrected chi connectivity index (χ2v) is 3.53. The quantitative estimate of drug-likeness (QED) is 0.331. The molecule has 0 saturated heterocycles. The zero-order valence-electron chi connectivity index (χ0n) is 8.69. The molecule has 0 amide bonds. The number of nitro benzene ring substituents is 1. The minimum atomic E-state index is -0.537. The molecule has 5 heteroatoms. The third kappa shape index (κ3) is 3.24. The van der Waals surface area contributed by atoms with Gasteiger partial charge in [0.15, 0.2) is 5.75 Å². The molecule has 1 rings (SSSR count). The predicted molar refractivity (Wildman–Crippen MR) is 63.0 cm³/mol. The molecule has 0 atom stereocenters. The molecule has 0 radical (unpaired) electrons. The molecule has 1 aromatic carbocycles. The minimum Gasteiger partial charge on any atom is -0.487 e. The minimum absolute atomic E-state index is 0.0891. The number of unbranched alkanes of at least 4 members (excludes halogenated alkanes) is 1. The van der Waals surface area contributed by atoms with Crippen LogP contribution in [0.15, 0.2) is 30.9 Å². The molecule has 0 heterocycles. The molecule has 16 heavy (non-hydrogen) atoms. The summed E-state index contributed by atoms with van der Waals surface area (Å²) in [5.41, 5.74) is -0.178. The Balaban J connectivity index is 2.75. The first-order valence-corrected chi connectivity index (χ1v) is 5.21. The maximum Gasteiger partial charge on any atom is 0.329 e. The zero-order chi connectivity index (χ0) is 12.0. The highest BCUT2D eigenvalue weighted by Crippen LogP contribution is 2.34. The van der Waals surface area contributed by atoms with Gasteiger partial charge in [0.05, 0.1) is 11.5 Å². The number of benzene rings is 1. The lowest BCUT2D eigenvalue weighted by molar-refractivity contribution is -0.385. The third-order valence-electron chi connectivity index (χ3n) is 1.94. The van der Waals surface area contributed by atoms with Crippen LogP contribution >= 0.6 is 11.6 Å². The van der Waals surface area contributed by atoms with Crippen LogP contribution < -0.4 is 4.74 Å². The topological polar surface area (TPSA) is 52.4 Å². The summed E-state index contributed by atoms with van der Waals surface area (Å²) in [4.78, 5) is 10.2. The lowest BCUT2D eigenvalue weighted by Gasteiger charge is -2.06. The van der Waals surface area contributed by atoms with E-state index in [1.807, 2.05) is 0 Å². The van der Waals surface area contributed by atoms with Crippen molar-refractivity contribution in [3.05, 3.63) is 46.0 Å². The summed E-state index contributed by atoms with van der Waals surface area (Å²) in [6.45, 7) is 3.99. The van der Waals surface area contributed by atoms with Gasteiger partial charge in [-0.05, 0) is 25.0 Å². The van der Waals surface area contributed by atoms with Crippen LogP contribution in [0.1, 0.15) is 12.8 Å². The molecule has 0 fully saturated rings. The standard InChI is InChI=1S/C11H12ClNO3/c1-2-3-4-8-16-10-7-5-6-9(12)11(10)13(14)15/h2,5-7H,1,3-4,8H2. The van der Waals surface area contributed by atoms with Crippen molar-refractivity contribution in [2.75, 3.05) is 6.61 Å². The normalized spacial score (nSPS) is 9.81. The smallest absolute Gasteiger partial charge is 0.329 e. The largest absolute Gasteiger partial charge is 0.487 e. The van der Waals surface area contributed by atoms with E-state index in [1.165, 1.54) is 12.1 Å². The van der Waals surface area contributed by atoms with Crippen LogP contribution in [0, 0.1) is 10.1 Å². The molecule has 0 aromatic heterocycles. The van der Waals surface area contributed by atoms with Crippen molar-refractivity contribution in [1.82, 2.24) is 0 Å². The van der Waals surface area contributed by atoms with E-state index in [2.05, 4.69) is 6.58 Å². The second-order valence-electron chi connectivity index (χ2n) is 3.12. The van der Waals surface area contributed by atoms with Gasteiger partial charge >= 0.3 is 5.69 Å². The molecule has 0 aliphatic carbocycles. The molecule has 0 N–H and O–H groups in total. The number of hydrogen-bond donors (Lipinski definition) is 0. The summed E-state index contributed by atoms with van der Waals surface area (Å²) in [6, 6.07) is 4.63. The van der Waals surface area contributed by atoms with Gasteiger partial charge in [0, 0.05) is 0 Å². The number of hydrogen-bond acceptors (Lipinski definition) is 3. The van der Waals surface area contributed by atoms with Gasteiger partial charge in [-0.25, -0.2) is 0 Å². The molecule has 1 aromatic rings. The maximum atomic E-state index is 10.8. The molecular formula is C11H12ClNO3. The van der Waals surface area contributed by atoms with Crippen molar-refractivity contribution < 1.29 is 9.66 Å². The number of nitro groups is 1. The van der Waals surface area contributed by atoms with Crippen LogP contribution in [0.3, 0.4) is 0 Å². The third-order valence-corrected chi connectivity index (χ3v) is 2.25. The average molecular weight is 242 g/mol. The van der Waals surface area contributed by atoms with E-state index < -0.39 is 4.92 Å². The Labute approximate surface area is 98.6 Å². The number of halogens is 1. The highest BCUT2D eigenvalue weighted by Gasteiger charge is 2.19. The number of para-hydroxylation sites is 1. The summed E-state index contributed by atoms with van der Waals surface area (Å²) < 4.78 is 5.31. The first kappa shape index (κ1) is 12.5. The van der Waals surface area contributed by atoms with Crippen molar-refractivity contribution in [1.29, 1.82) is 0 Å². The lowest BCUT2D eigenvalue weighted by atomic mass is 10.3. The van der Waals surface area contributed by atoms with Gasteiger partial charge in [0.25, 0.3) is 0 Å². The Kier molecular flexibility index (Phi) is 4.79. The summed E-state index contributed by atoms with van der Waals surface area (Å²) in [7, 11) is 0. The van der Waals surface area contributed by atoms with Crippen molar-refractivity contribution in [3.63, 3.8) is 0 Å². The molecule has 4 nitrogen and oxygen atoms in total. The molecular weight excluding hydrogens is 230 g/mol. The maximum absolute atomic E-state index is 10.8. The number of allylic oxidation sites excluding steroid dienone is 1. The van der Waals surface area contributed by atoms with E-state index >= 15 is 0 Å². The van der Waals surface area contributed by atoms with Crippen molar-refractivity contribution in [2.24, 2.45) is 0 Å². The summed E-state index contributed by atoms with van der Waals surface area (Å²) in [5, 5.41) is 10.8. The number of ether oxygens (including phenoxy) is 1. The molecule has 0 aliphatic rings. The van der Waals surface area contributed by atoms with Gasteiger partial charge < -0.3 is 4.74 Å². The van der Waals surface area contributed by atoms with Crippen LogP contribution in [0.25, 0.3) is 0 Å². The van der Waals surface area contributed by atoms with Gasteiger partial charge in [0.1, 0.15) is 5.02 Å². The van der Waals surface area contributed by atoms with E-state index in [-0.39, 0.29) is 16.5 Å². The first-order chi connectivity index (χ1) is 7.66. The van der Waals surface area contributed by atoms with E-state index in [0.29, 0.717) is 6.61 Å². The molecule has 0 aliphatic heterocycles. The van der Waals surface area contributed by atoms with Gasteiger partial charge in [-0.15, -0.1) is 6.58 Å². The van der Waals surface area contributed by atoms with E-state index in [9.17, 15) is 10.1 Å². The number of rotatable bonds is 6. The van der Waals surface area contributed by atoms with Gasteiger partial charge in [0.2, 0.25) is 0 Å². The van der Waals surface area contributed by atoms with Crippen molar-refractivity contribution >= 4 is 17.3 Å². The van der Waals surface area contributed by atoms with Crippen LogP contribution in [0.2, 0.25) is 5.02 Å². The first-order valence-electron chi connectivity index (χ1n) is 4.83. The fourth-order valence-corrected chi connectivity index (χ4v) is 1.43. The predicted octanol–water partition coefficient (Wildman–Crippen LogP) is 3.59. The zero-order valence-corrected chi connectivity index (χ0v) is 9.44. The molecule has 86 valence electrons. The Morgan fingerprint density at radius 2 is 2.31 bits per heavy atom. The van der Waals surface area contributed by atoms with Crippen molar-refractivity contribution in [3.8, 4) is 5.75 Å². The second kappa shape index (κ2) is 6.12. The average Bonchev–Trinajstić information content (AvgIpc) is 2.24. The monoisotopic (exact) mass is 241 g/mol. The Hall–Kier alpha value is -1.55. The van der Waals surface area contributed by atoms with Crippen LogP contribution in [-0.2, 0) is 0 Å². The molecule has 0 unspecified atom stereocenters. The van der Waals surface area contributed by atoms with E-state index in [0.717, 1.165) is 12.8 Å². The highest BCUT2D eigenvalue weighted by molar-refractivity contribution is 6.32. The Morgan fingerprint density at radius 1 is 1.56 bits per heavy atom. The lowest BCUT2D eigenvalue weighted by Crippen LogP contribution is -2.00. The number of nitrogens with zero attached hydrogens (tertiary/aromatic N) is 1. The SMILES string of the molecule is C=CCCCOc1cccc(Cl)c1[N+](=O)[O-]. The summed E-state index contributed by atoms with van der Waals surface area (Å²) in [5.74, 6) is 0.210. The van der Waals surface area contributed by atoms with E-state index in [4.69, 9.17) is 16.3 Å². The van der Waals surface area contributed by atoms with Gasteiger partial charge in [-0.3, -0.25) is 10.1 Å². The molecule has 0 bridgehead atoms. The molecule has 0 saturated carbocycles. The van der Waals surface area contributed by atoms with E-state index in [1.54, 1.807) is 12.1 Å². The molecule has 0 spiro atoms. The Morgan fingerprint density at radius 3 is 2.94 bits per heavy atom. The van der Waals surface area contributed by atoms with Gasteiger partial charge in [-0.2, -0.15) is 0 Å². The highest BCUT2D eigenvalue weighted by atomic mass is 35.5. The van der Waals surface area contributed by atoms with Crippen LogP contribution in [-0.4, -0.2) is 11.5 Å². The van der Waals surface area contributed by atoms with Gasteiger partial charge in [-0.1, -0.05) is 23.7 Å². The summed E-state index contributed by atoms with van der Waals surface area (Å²) in [6.07, 6.45) is 3.36. The Bertz CT molecular complexity index is 393. The summed E-state index contributed by atoms with van der Waals surface area (Å²) >= 11 is 5.73.